The van der Waals surface area contributed by atoms with Gasteiger partial charge < -0.3 is 5.32 Å². The molecule has 1 aromatic carbocycles. The van der Waals surface area contributed by atoms with Gasteiger partial charge in [0.2, 0.25) is 0 Å². The predicted molar refractivity (Wildman–Crippen MR) is 71.3 cm³/mol. The number of nitrogens with one attached hydrogen (secondary N) is 1. The molecule has 0 saturated heterocycles. The van der Waals surface area contributed by atoms with Gasteiger partial charge in [-0.2, -0.15) is 0 Å². The zero-order valence-corrected chi connectivity index (χ0v) is 11.8. The predicted octanol–water partition coefficient (Wildman–Crippen LogP) is 3.25. The van der Waals surface area contributed by atoms with Crippen molar-refractivity contribution in [3.63, 3.8) is 0 Å². The number of benzene rings is 1. The summed E-state index contributed by atoms with van der Waals surface area (Å²) in [6.45, 7) is 1.89. The summed E-state index contributed by atoms with van der Waals surface area (Å²) in [5, 5.41) is 6.49. The molecular formula is C11H9BrFN3OS. The first-order valence-electron chi connectivity index (χ1n) is 5.19. The molecule has 0 atom stereocenters. The fourth-order valence-corrected chi connectivity index (χ4v) is 2.38. The van der Waals surface area contributed by atoms with E-state index >= 15 is 0 Å². The summed E-state index contributed by atoms with van der Waals surface area (Å²) in [7, 11) is 0. The van der Waals surface area contributed by atoms with Crippen molar-refractivity contribution in [1.82, 2.24) is 9.59 Å². The van der Waals surface area contributed by atoms with E-state index in [2.05, 4.69) is 30.8 Å². The molecule has 0 fully saturated rings. The fraction of sp³-hybridized carbons (Fsp3) is 0.182. The summed E-state index contributed by atoms with van der Waals surface area (Å²) < 4.78 is 17.5. The zero-order valence-electron chi connectivity index (χ0n) is 9.41. The summed E-state index contributed by atoms with van der Waals surface area (Å²) in [4.78, 5) is 12.4. The van der Waals surface area contributed by atoms with Crippen LogP contribution in [0.5, 0.6) is 0 Å². The highest BCUT2D eigenvalue weighted by molar-refractivity contribution is 9.10. The van der Waals surface area contributed by atoms with Gasteiger partial charge in [-0.1, -0.05) is 11.4 Å². The van der Waals surface area contributed by atoms with Crippen LogP contribution in [0.4, 0.5) is 10.1 Å². The lowest BCUT2D eigenvalue weighted by atomic mass is 10.2. The van der Waals surface area contributed by atoms with Crippen molar-refractivity contribution in [3.05, 3.63) is 39.1 Å². The SMILES string of the molecule is CCc1nnsc1C(=O)Nc1cc(F)ccc1Br. The molecule has 0 saturated carbocycles. The van der Waals surface area contributed by atoms with Crippen molar-refractivity contribution in [2.45, 2.75) is 13.3 Å². The van der Waals surface area contributed by atoms with E-state index in [0.717, 1.165) is 11.5 Å². The monoisotopic (exact) mass is 329 g/mol. The minimum absolute atomic E-state index is 0.326. The van der Waals surface area contributed by atoms with Gasteiger partial charge in [-0.3, -0.25) is 4.79 Å². The van der Waals surface area contributed by atoms with Gasteiger partial charge in [-0.15, -0.1) is 5.10 Å². The number of nitrogens with zero attached hydrogens (tertiary/aromatic N) is 2. The number of aryl methyl sites for hydroxylation is 1. The number of halogens is 2. The van der Waals surface area contributed by atoms with Gasteiger partial charge in [0.25, 0.3) is 5.91 Å². The molecule has 0 aliphatic rings. The van der Waals surface area contributed by atoms with Gasteiger partial charge in [-0.05, 0) is 52.1 Å². The maximum Gasteiger partial charge on any atom is 0.269 e. The molecule has 0 spiro atoms. The molecule has 7 heteroatoms. The van der Waals surface area contributed by atoms with Crippen molar-refractivity contribution in [1.29, 1.82) is 0 Å². The molecular weight excluding hydrogens is 321 g/mol. The van der Waals surface area contributed by atoms with Gasteiger partial charge >= 0.3 is 0 Å². The second kappa shape index (κ2) is 5.53. The van der Waals surface area contributed by atoms with Crippen molar-refractivity contribution in [2.75, 3.05) is 5.32 Å². The molecule has 0 bridgehead atoms. The summed E-state index contributed by atoms with van der Waals surface area (Å²) in [6, 6.07) is 4.10. The van der Waals surface area contributed by atoms with Gasteiger partial charge in [0.1, 0.15) is 10.7 Å². The van der Waals surface area contributed by atoms with E-state index in [9.17, 15) is 9.18 Å². The third kappa shape index (κ3) is 2.73. The summed E-state index contributed by atoms with van der Waals surface area (Å²) in [5.41, 5.74) is 1.03. The normalized spacial score (nSPS) is 10.4. The van der Waals surface area contributed by atoms with E-state index in [4.69, 9.17) is 0 Å². The fourth-order valence-electron chi connectivity index (χ4n) is 1.38. The van der Waals surface area contributed by atoms with E-state index in [0.29, 0.717) is 27.2 Å². The Hall–Kier alpha value is -1.34. The summed E-state index contributed by atoms with van der Waals surface area (Å²) in [5.74, 6) is -0.736. The first kappa shape index (κ1) is 13.1. The molecule has 2 rings (SSSR count). The molecule has 0 unspecified atom stereocenters. The van der Waals surface area contributed by atoms with Crippen LogP contribution in [0.2, 0.25) is 0 Å². The quantitative estimate of drug-likeness (QED) is 0.940. The third-order valence-electron chi connectivity index (χ3n) is 2.27. The van der Waals surface area contributed by atoms with Gasteiger partial charge in [-0.25, -0.2) is 4.39 Å². The van der Waals surface area contributed by atoms with Crippen LogP contribution in [0, 0.1) is 5.82 Å². The third-order valence-corrected chi connectivity index (χ3v) is 3.73. The molecule has 0 aliphatic heterocycles. The van der Waals surface area contributed by atoms with E-state index in [1.54, 1.807) is 0 Å². The highest BCUT2D eigenvalue weighted by atomic mass is 79.9. The standard InChI is InChI=1S/C11H9BrFN3OS/c1-2-8-10(18-16-15-8)11(17)14-9-5-6(13)3-4-7(9)12/h3-5H,2H2,1H3,(H,14,17). The molecule has 1 heterocycles. The Bertz CT molecular complexity index is 587. The van der Waals surface area contributed by atoms with E-state index in [1.807, 2.05) is 6.92 Å². The molecule has 1 aromatic heterocycles. The van der Waals surface area contributed by atoms with Crippen molar-refractivity contribution in [3.8, 4) is 0 Å². The highest BCUT2D eigenvalue weighted by Gasteiger charge is 2.16. The number of amides is 1. The molecule has 0 radical (unpaired) electrons. The van der Waals surface area contributed by atoms with Crippen LogP contribution < -0.4 is 5.32 Å². The van der Waals surface area contributed by atoms with Gasteiger partial charge in [0.15, 0.2) is 0 Å². The highest BCUT2D eigenvalue weighted by Crippen LogP contribution is 2.24. The summed E-state index contributed by atoms with van der Waals surface area (Å²) >= 11 is 4.28. The molecule has 1 amide bonds. The van der Waals surface area contributed by atoms with E-state index < -0.39 is 5.82 Å². The Kier molecular flexibility index (Phi) is 4.03. The second-order valence-corrected chi connectivity index (χ2v) is 5.09. The lowest BCUT2D eigenvalue weighted by molar-refractivity contribution is 0.102. The minimum Gasteiger partial charge on any atom is -0.320 e. The Labute approximate surface area is 116 Å². The largest absolute Gasteiger partial charge is 0.320 e. The minimum atomic E-state index is -0.411. The van der Waals surface area contributed by atoms with Crippen molar-refractivity contribution >= 4 is 39.1 Å². The van der Waals surface area contributed by atoms with Crippen LogP contribution >= 0.6 is 27.5 Å². The average molecular weight is 330 g/mol. The number of rotatable bonds is 3. The molecule has 0 aliphatic carbocycles. The second-order valence-electron chi connectivity index (χ2n) is 3.48. The Morgan fingerprint density at radius 2 is 2.33 bits per heavy atom. The van der Waals surface area contributed by atoms with Crippen LogP contribution in [0.1, 0.15) is 22.3 Å². The average Bonchev–Trinajstić information content (AvgIpc) is 2.82. The number of anilines is 1. The summed E-state index contributed by atoms with van der Waals surface area (Å²) in [6.07, 6.45) is 0.629. The van der Waals surface area contributed by atoms with Crippen molar-refractivity contribution in [2.24, 2.45) is 0 Å². The molecule has 18 heavy (non-hydrogen) atoms. The number of hydrogen-bond acceptors (Lipinski definition) is 4. The molecule has 94 valence electrons. The Morgan fingerprint density at radius 1 is 1.56 bits per heavy atom. The zero-order chi connectivity index (χ0) is 13.1. The van der Waals surface area contributed by atoms with Crippen LogP contribution in [-0.4, -0.2) is 15.5 Å². The Balaban J connectivity index is 2.24. The lowest BCUT2D eigenvalue weighted by Crippen LogP contribution is -2.12. The Morgan fingerprint density at radius 3 is 3.06 bits per heavy atom. The van der Waals surface area contributed by atoms with Crippen molar-refractivity contribution < 1.29 is 9.18 Å². The molecule has 4 nitrogen and oxygen atoms in total. The van der Waals surface area contributed by atoms with Crippen LogP contribution in [0.25, 0.3) is 0 Å². The first-order chi connectivity index (χ1) is 8.61. The number of carbonyl (C=O) groups excluding carboxylic acids is 1. The number of hydrogen-bond donors (Lipinski definition) is 1. The van der Waals surface area contributed by atoms with E-state index in [-0.39, 0.29) is 5.91 Å². The molecule has 2 aromatic rings. The van der Waals surface area contributed by atoms with E-state index in [1.165, 1.54) is 18.2 Å². The van der Waals surface area contributed by atoms with Crippen LogP contribution in [0.3, 0.4) is 0 Å². The first-order valence-corrected chi connectivity index (χ1v) is 6.76. The maximum absolute atomic E-state index is 13.1. The smallest absolute Gasteiger partial charge is 0.269 e. The van der Waals surface area contributed by atoms with Crippen LogP contribution in [-0.2, 0) is 6.42 Å². The van der Waals surface area contributed by atoms with Gasteiger partial charge in [0, 0.05) is 4.47 Å². The maximum atomic E-state index is 13.1. The van der Waals surface area contributed by atoms with Crippen LogP contribution in [0.15, 0.2) is 22.7 Å². The topological polar surface area (TPSA) is 54.9 Å². The van der Waals surface area contributed by atoms with Gasteiger partial charge in [0.05, 0.1) is 11.4 Å². The number of aromatic nitrogens is 2. The lowest BCUT2D eigenvalue weighted by Gasteiger charge is -2.06. The number of carbonyl (C=O) groups is 1. The molecule has 1 N–H and O–H groups in total.